The van der Waals surface area contributed by atoms with Crippen LogP contribution in [0.4, 0.5) is 0 Å². The van der Waals surface area contributed by atoms with Crippen LogP contribution in [-0.4, -0.2) is 52.0 Å². The van der Waals surface area contributed by atoms with E-state index in [2.05, 4.69) is 15.6 Å². The Labute approximate surface area is 119 Å². The Morgan fingerprint density at radius 3 is 2.55 bits per heavy atom. The number of nitrogens with one attached hydrogen (secondary N) is 1. The molecular formula is C14H23N5O. The molecule has 2 saturated heterocycles. The van der Waals surface area contributed by atoms with Crippen molar-refractivity contribution in [1.82, 2.24) is 25.2 Å². The molecule has 2 aliphatic heterocycles. The molecule has 0 bridgehead atoms. The van der Waals surface area contributed by atoms with Gasteiger partial charge in [-0.3, -0.25) is 4.79 Å². The molecule has 0 atom stereocenters. The van der Waals surface area contributed by atoms with Crippen LogP contribution in [0.3, 0.4) is 0 Å². The number of carbonyl (C=O) groups excluding carboxylic acids is 1. The number of nitrogens with zero attached hydrogens (tertiary/aromatic N) is 4. The van der Waals surface area contributed by atoms with E-state index in [9.17, 15) is 4.79 Å². The SMILES string of the molecule is O=C(c1cn(C2CCNCC2)nn1)N1CCCCCC1. The highest BCUT2D eigenvalue weighted by Gasteiger charge is 2.22. The van der Waals surface area contributed by atoms with Crippen LogP contribution in [0.25, 0.3) is 0 Å². The first kappa shape index (κ1) is 13.5. The summed E-state index contributed by atoms with van der Waals surface area (Å²) in [6, 6.07) is 0.384. The van der Waals surface area contributed by atoms with E-state index in [1.165, 1.54) is 12.8 Å². The Kier molecular flexibility index (Phi) is 4.30. The van der Waals surface area contributed by atoms with Crippen LogP contribution in [0.5, 0.6) is 0 Å². The zero-order valence-electron chi connectivity index (χ0n) is 11.9. The van der Waals surface area contributed by atoms with Crippen LogP contribution in [0, 0.1) is 0 Å². The van der Waals surface area contributed by atoms with E-state index in [1.807, 2.05) is 15.8 Å². The van der Waals surface area contributed by atoms with E-state index in [1.54, 1.807) is 0 Å². The minimum atomic E-state index is 0.0482. The third-order valence-electron chi connectivity index (χ3n) is 4.31. The molecule has 0 saturated carbocycles. The molecular weight excluding hydrogens is 254 g/mol. The van der Waals surface area contributed by atoms with Crippen molar-refractivity contribution in [2.24, 2.45) is 0 Å². The molecule has 0 unspecified atom stereocenters. The molecule has 0 spiro atoms. The summed E-state index contributed by atoms with van der Waals surface area (Å²) in [5.74, 6) is 0.0482. The molecule has 1 N–H and O–H groups in total. The van der Waals surface area contributed by atoms with Crippen molar-refractivity contribution in [3.05, 3.63) is 11.9 Å². The largest absolute Gasteiger partial charge is 0.337 e. The second kappa shape index (κ2) is 6.35. The van der Waals surface area contributed by atoms with Crippen LogP contribution >= 0.6 is 0 Å². The summed E-state index contributed by atoms with van der Waals surface area (Å²) in [4.78, 5) is 14.4. The van der Waals surface area contributed by atoms with Gasteiger partial charge in [-0.2, -0.15) is 0 Å². The Hall–Kier alpha value is -1.43. The second-order valence-corrected chi connectivity index (χ2v) is 5.77. The molecule has 110 valence electrons. The normalized spacial score (nSPS) is 21.7. The first-order chi connectivity index (χ1) is 9.84. The maximum atomic E-state index is 12.4. The van der Waals surface area contributed by atoms with Gasteiger partial charge < -0.3 is 10.2 Å². The van der Waals surface area contributed by atoms with Crippen LogP contribution in [0.2, 0.25) is 0 Å². The van der Waals surface area contributed by atoms with Gasteiger partial charge in [0.05, 0.1) is 12.2 Å². The average Bonchev–Trinajstić information content (AvgIpc) is 2.83. The van der Waals surface area contributed by atoms with Gasteiger partial charge in [0.1, 0.15) is 0 Å². The lowest BCUT2D eigenvalue weighted by molar-refractivity contribution is 0.0755. The van der Waals surface area contributed by atoms with Crippen LogP contribution in [0.1, 0.15) is 55.1 Å². The molecule has 1 aromatic heterocycles. The highest BCUT2D eigenvalue weighted by Crippen LogP contribution is 2.18. The van der Waals surface area contributed by atoms with Crippen LogP contribution in [0.15, 0.2) is 6.20 Å². The fraction of sp³-hybridized carbons (Fsp3) is 0.786. The topological polar surface area (TPSA) is 63.1 Å². The fourth-order valence-corrected chi connectivity index (χ4v) is 3.06. The number of rotatable bonds is 2. The zero-order valence-corrected chi connectivity index (χ0v) is 11.9. The molecule has 0 aromatic carbocycles. The van der Waals surface area contributed by atoms with Crippen molar-refractivity contribution in [1.29, 1.82) is 0 Å². The third-order valence-corrected chi connectivity index (χ3v) is 4.31. The minimum absolute atomic E-state index is 0.0482. The molecule has 6 heteroatoms. The molecule has 3 heterocycles. The van der Waals surface area contributed by atoms with E-state index in [0.717, 1.165) is 51.9 Å². The van der Waals surface area contributed by atoms with E-state index in [-0.39, 0.29) is 5.91 Å². The molecule has 1 amide bonds. The number of amides is 1. The average molecular weight is 277 g/mol. The predicted octanol–water partition coefficient (Wildman–Crippen LogP) is 1.22. The first-order valence-corrected chi connectivity index (χ1v) is 7.76. The minimum Gasteiger partial charge on any atom is -0.337 e. The van der Waals surface area contributed by atoms with E-state index < -0.39 is 0 Å². The Balaban J connectivity index is 1.67. The molecule has 1 aromatic rings. The third kappa shape index (κ3) is 3.00. The van der Waals surface area contributed by atoms with E-state index in [0.29, 0.717) is 11.7 Å². The summed E-state index contributed by atoms with van der Waals surface area (Å²) in [6.07, 6.45) is 8.62. The van der Waals surface area contributed by atoms with Gasteiger partial charge in [0.25, 0.3) is 5.91 Å². The summed E-state index contributed by atoms with van der Waals surface area (Å²) >= 11 is 0. The maximum Gasteiger partial charge on any atom is 0.276 e. The van der Waals surface area contributed by atoms with Crippen molar-refractivity contribution in [3.63, 3.8) is 0 Å². The number of likely N-dealkylation sites (tertiary alicyclic amines) is 1. The fourth-order valence-electron chi connectivity index (χ4n) is 3.06. The summed E-state index contributed by atoms with van der Waals surface area (Å²) in [7, 11) is 0. The lowest BCUT2D eigenvalue weighted by atomic mass is 10.1. The monoisotopic (exact) mass is 277 g/mol. The van der Waals surface area contributed by atoms with Gasteiger partial charge in [-0.25, -0.2) is 4.68 Å². The molecule has 3 rings (SSSR count). The highest BCUT2D eigenvalue weighted by molar-refractivity contribution is 5.91. The van der Waals surface area contributed by atoms with Crippen molar-refractivity contribution >= 4 is 5.91 Å². The Bertz CT molecular complexity index is 444. The van der Waals surface area contributed by atoms with Crippen molar-refractivity contribution in [2.75, 3.05) is 26.2 Å². The van der Waals surface area contributed by atoms with E-state index in [4.69, 9.17) is 0 Å². The van der Waals surface area contributed by atoms with Crippen LogP contribution < -0.4 is 5.32 Å². The molecule has 0 aliphatic carbocycles. The molecule has 20 heavy (non-hydrogen) atoms. The molecule has 2 aliphatic rings. The number of hydrogen-bond acceptors (Lipinski definition) is 4. The van der Waals surface area contributed by atoms with Crippen LogP contribution in [-0.2, 0) is 0 Å². The lowest BCUT2D eigenvalue weighted by Gasteiger charge is -2.22. The van der Waals surface area contributed by atoms with Crippen molar-refractivity contribution in [2.45, 2.75) is 44.6 Å². The highest BCUT2D eigenvalue weighted by atomic mass is 16.2. The number of aromatic nitrogens is 3. The van der Waals surface area contributed by atoms with Crippen molar-refractivity contribution in [3.8, 4) is 0 Å². The maximum absolute atomic E-state index is 12.4. The number of hydrogen-bond donors (Lipinski definition) is 1. The summed E-state index contributed by atoms with van der Waals surface area (Å²) in [5.41, 5.74) is 0.505. The quantitative estimate of drug-likeness (QED) is 0.883. The van der Waals surface area contributed by atoms with Gasteiger partial charge in [0.15, 0.2) is 5.69 Å². The Morgan fingerprint density at radius 1 is 1.15 bits per heavy atom. The molecule has 0 radical (unpaired) electrons. The zero-order chi connectivity index (χ0) is 13.8. The Morgan fingerprint density at radius 2 is 1.85 bits per heavy atom. The summed E-state index contributed by atoms with van der Waals surface area (Å²) in [6.45, 7) is 3.75. The predicted molar refractivity (Wildman–Crippen MR) is 75.5 cm³/mol. The standard InChI is InChI=1S/C14H23N5O/c20-14(18-9-3-1-2-4-10-18)13-11-19(17-16-13)12-5-7-15-8-6-12/h11-12,15H,1-10H2. The van der Waals surface area contributed by atoms with Gasteiger partial charge in [-0.15, -0.1) is 5.10 Å². The van der Waals surface area contributed by atoms with Gasteiger partial charge in [0.2, 0.25) is 0 Å². The van der Waals surface area contributed by atoms with Crippen molar-refractivity contribution < 1.29 is 4.79 Å². The van der Waals surface area contributed by atoms with Gasteiger partial charge >= 0.3 is 0 Å². The number of piperidine rings is 1. The summed E-state index contributed by atoms with van der Waals surface area (Å²) in [5, 5.41) is 11.6. The second-order valence-electron chi connectivity index (χ2n) is 5.77. The molecule has 2 fully saturated rings. The van der Waals surface area contributed by atoms with Gasteiger partial charge in [0, 0.05) is 13.1 Å². The van der Waals surface area contributed by atoms with Gasteiger partial charge in [-0.1, -0.05) is 18.1 Å². The smallest absolute Gasteiger partial charge is 0.276 e. The number of carbonyl (C=O) groups is 1. The van der Waals surface area contributed by atoms with Gasteiger partial charge in [-0.05, 0) is 38.8 Å². The van der Waals surface area contributed by atoms with E-state index >= 15 is 0 Å². The molecule has 6 nitrogen and oxygen atoms in total. The first-order valence-electron chi connectivity index (χ1n) is 7.76. The summed E-state index contributed by atoms with van der Waals surface area (Å²) < 4.78 is 1.88. The lowest BCUT2D eigenvalue weighted by Crippen LogP contribution is -2.32.